The van der Waals surface area contributed by atoms with Crippen molar-refractivity contribution < 1.29 is 4.74 Å². The highest BCUT2D eigenvalue weighted by Gasteiger charge is 2.14. The number of aromatic amines is 1. The first kappa shape index (κ1) is 17.8. The molecule has 0 saturated carbocycles. The fourth-order valence-electron chi connectivity index (χ4n) is 2.93. The van der Waals surface area contributed by atoms with Crippen molar-refractivity contribution in [2.75, 3.05) is 11.9 Å². The monoisotopic (exact) mass is 375 g/mol. The summed E-state index contributed by atoms with van der Waals surface area (Å²) in [6.07, 6.45) is 6.94. The number of hydrogen-bond acceptors (Lipinski definition) is 7. The Labute approximate surface area is 162 Å². The zero-order valence-electron chi connectivity index (χ0n) is 16.0. The van der Waals surface area contributed by atoms with Crippen LogP contribution in [0.1, 0.15) is 19.4 Å². The highest BCUT2D eigenvalue weighted by atomic mass is 16.5. The predicted octanol–water partition coefficient (Wildman–Crippen LogP) is 3.23. The molecule has 0 aliphatic heterocycles. The van der Waals surface area contributed by atoms with Crippen LogP contribution in [0.15, 0.2) is 49.2 Å². The third-order valence-corrected chi connectivity index (χ3v) is 4.21. The molecule has 0 bridgehead atoms. The maximum absolute atomic E-state index is 5.71. The van der Waals surface area contributed by atoms with E-state index in [-0.39, 0.29) is 6.10 Å². The Bertz CT molecular complexity index is 1080. The van der Waals surface area contributed by atoms with E-state index in [9.17, 15) is 0 Å². The maximum Gasteiger partial charge on any atom is 0.214 e. The van der Waals surface area contributed by atoms with E-state index in [1.807, 2.05) is 56.3 Å². The van der Waals surface area contributed by atoms with Crippen LogP contribution in [-0.4, -0.2) is 43.3 Å². The van der Waals surface area contributed by atoms with Gasteiger partial charge in [-0.3, -0.25) is 10.1 Å². The van der Waals surface area contributed by atoms with Crippen LogP contribution in [0, 0.1) is 0 Å². The van der Waals surface area contributed by atoms with E-state index in [0.717, 1.165) is 33.7 Å². The molecule has 4 aromatic rings. The van der Waals surface area contributed by atoms with Crippen molar-refractivity contribution in [3.05, 3.63) is 54.7 Å². The lowest BCUT2D eigenvalue weighted by atomic mass is 10.2. The molecule has 0 aliphatic rings. The zero-order valence-corrected chi connectivity index (χ0v) is 16.0. The smallest absolute Gasteiger partial charge is 0.214 e. The van der Waals surface area contributed by atoms with Gasteiger partial charge in [0.2, 0.25) is 5.88 Å². The third-order valence-electron chi connectivity index (χ3n) is 4.21. The zero-order chi connectivity index (χ0) is 19.5. The number of anilines is 1. The van der Waals surface area contributed by atoms with E-state index >= 15 is 0 Å². The molecule has 0 unspecified atom stereocenters. The number of H-pyrrole nitrogens is 1. The average molecular weight is 375 g/mol. The van der Waals surface area contributed by atoms with Gasteiger partial charge in [-0.25, -0.2) is 15.0 Å². The summed E-state index contributed by atoms with van der Waals surface area (Å²) < 4.78 is 5.71. The quantitative estimate of drug-likeness (QED) is 0.553. The Hall–Kier alpha value is -3.55. The fourth-order valence-corrected chi connectivity index (χ4v) is 2.93. The Morgan fingerprint density at radius 2 is 2.04 bits per heavy atom. The van der Waals surface area contributed by atoms with Crippen LogP contribution in [0.3, 0.4) is 0 Å². The molecule has 0 saturated heterocycles. The largest absolute Gasteiger partial charge is 0.475 e. The first-order valence-electron chi connectivity index (χ1n) is 9.03. The molecule has 1 N–H and O–H groups in total. The van der Waals surface area contributed by atoms with Gasteiger partial charge in [-0.15, -0.1) is 0 Å². The number of fused-ring (bicyclic) bond motifs is 1. The van der Waals surface area contributed by atoms with E-state index < -0.39 is 0 Å². The Morgan fingerprint density at radius 1 is 1.14 bits per heavy atom. The SMILES string of the molecule is CC(C)Oc1cc2c(-c3cc(N(C)Cc4cccnc4)ncn3)n[nH]c2cn1. The Morgan fingerprint density at radius 3 is 2.82 bits per heavy atom. The molecule has 0 aliphatic carbocycles. The standard InChI is InChI=1S/C20H21N7O/c1-13(2)28-19-7-15-17(10-22-19)25-26-20(15)16-8-18(24-12-23-16)27(3)11-14-5-4-6-21-9-14/h4-10,12-13H,11H2,1-3H3,(H,25,26). The molecule has 0 atom stereocenters. The minimum atomic E-state index is 0.0482. The van der Waals surface area contributed by atoms with Gasteiger partial charge in [-0.2, -0.15) is 5.10 Å². The van der Waals surface area contributed by atoms with E-state index in [0.29, 0.717) is 12.4 Å². The van der Waals surface area contributed by atoms with Crippen molar-refractivity contribution in [3.63, 3.8) is 0 Å². The van der Waals surface area contributed by atoms with Crippen LogP contribution >= 0.6 is 0 Å². The highest BCUT2D eigenvalue weighted by molar-refractivity contribution is 5.92. The molecule has 0 spiro atoms. The lowest BCUT2D eigenvalue weighted by molar-refractivity contribution is 0.233. The number of nitrogens with zero attached hydrogens (tertiary/aromatic N) is 6. The molecule has 0 radical (unpaired) electrons. The molecule has 0 aromatic carbocycles. The van der Waals surface area contributed by atoms with Gasteiger partial charge in [0.15, 0.2) is 0 Å². The van der Waals surface area contributed by atoms with E-state index in [2.05, 4.69) is 30.1 Å². The van der Waals surface area contributed by atoms with Crippen molar-refractivity contribution in [1.29, 1.82) is 0 Å². The maximum atomic E-state index is 5.71. The normalized spacial score (nSPS) is 11.1. The third kappa shape index (κ3) is 3.75. The van der Waals surface area contributed by atoms with Crippen molar-refractivity contribution >= 4 is 16.7 Å². The van der Waals surface area contributed by atoms with Gasteiger partial charge in [0.25, 0.3) is 0 Å². The summed E-state index contributed by atoms with van der Waals surface area (Å²) >= 11 is 0. The molecule has 4 rings (SSSR count). The minimum Gasteiger partial charge on any atom is -0.475 e. The first-order valence-corrected chi connectivity index (χ1v) is 9.03. The molecule has 0 fully saturated rings. The summed E-state index contributed by atoms with van der Waals surface area (Å²) in [4.78, 5) is 19.3. The van der Waals surface area contributed by atoms with Crippen molar-refractivity contribution in [3.8, 4) is 17.3 Å². The molecular weight excluding hydrogens is 354 g/mol. The van der Waals surface area contributed by atoms with E-state index in [4.69, 9.17) is 4.74 Å². The average Bonchev–Trinajstić information content (AvgIpc) is 3.11. The van der Waals surface area contributed by atoms with Gasteiger partial charge in [-0.05, 0) is 25.5 Å². The summed E-state index contributed by atoms with van der Waals surface area (Å²) in [5, 5.41) is 8.34. The summed E-state index contributed by atoms with van der Waals surface area (Å²) in [6.45, 7) is 4.63. The van der Waals surface area contributed by atoms with Gasteiger partial charge in [-0.1, -0.05) is 6.07 Å². The molecule has 8 nitrogen and oxygen atoms in total. The van der Waals surface area contributed by atoms with Gasteiger partial charge < -0.3 is 9.64 Å². The number of aromatic nitrogens is 6. The Balaban J connectivity index is 1.65. The number of ether oxygens (including phenoxy) is 1. The van der Waals surface area contributed by atoms with Crippen LogP contribution in [0.25, 0.3) is 22.3 Å². The topological polar surface area (TPSA) is 92.7 Å². The number of pyridine rings is 2. The summed E-state index contributed by atoms with van der Waals surface area (Å²) in [6, 6.07) is 7.77. The lowest BCUT2D eigenvalue weighted by Crippen LogP contribution is -2.18. The number of hydrogen-bond donors (Lipinski definition) is 1. The van der Waals surface area contributed by atoms with E-state index in [1.165, 1.54) is 0 Å². The first-order chi connectivity index (χ1) is 13.6. The Kier molecular flexibility index (Phi) is 4.84. The molecule has 4 aromatic heterocycles. The van der Waals surface area contributed by atoms with Crippen LogP contribution in [-0.2, 0) is 6.54 Å². The van der Waals surface area contributed by atoms with Crippen molar-refractivity contribution in [1.82, 2.24) is 30.1 Å². The number of rotatable bonds is 6. The lowest BCUT2D eigenvalue weighted by Gasteiger charge is -2.18. The second kappa shape index (κ2) is 7.59. The molecule has 28 heavy (non-hydrogen) atoms. The predicted molar refractivity (Wildman–Crippen MR) is 107 cm³/mol. The molecule has 0 amide bonds. The molecule has 142 valence electrons. The van der Waals surface area contributed by atoms with Crippen LogP contribution < -0.4 is 9.64 Å². The highest BCUT2D eigenvalue weighted by Crippen LogP contribution is 2.28. The van der Waals surface area contributed by atoms with Crippen LogP contribution in [0.5, 0.6) is 5.88 Å². The van der Waals surface area contributed by atoms with Crippen LogP contribution in [0.2, 0.25) is 0 Å². The summed E-state index contributed by atoms with van der Waals surface area (Å²) in [5.41, 5.74) is 3.41. The molecular formula is C20H21N7O. The summed E-state index contributed by atoms with van der Waals surface area (Å²) in [7, 11) is 1.99. The minimum absolute atomic E-state index is 0.0482. The fraction of sp³-hybridized carbons (Fsp3) is 0.250. The number of nitrogens with one attached hydrogen (secondary N) is 1. The van der Waals surface area contributed by atoms with Gasteiger partial charge in [0.05, 0.1) is 23.5 Å². The molecule has 8 heteroatoms. The van der Waals surface area contributed by atoms with Gasteiger partial charge >= 0.3 is 0 Å². The van der Waals surface area contributed by atoms with E-state index in [1.54, 1.807) is 18.7 Å². The second-order valence-electron chi connectivity index (χ2n) is 6.79. The van der Waals surface area contributed by atoms with Gasteiger partial charge in [0, 0.05) is 43.5 Å². The van der Waals surface area contributed by atoms with Crippen molar-refractivity contribution in [2.24, 2.45) is 0 Å². The van der Waals surface area contributed by atoms with Crippen molar-refractivity contribution in [2.45, 2.75) is 26.5 Å². The van der Waals surface area contributed by atoms with Gasteiger partial charge in [0.1, 0.15) is 17.8 Å². The summed E-state index contributed by atoms with van der Waals surface area (Å²) in [5.74, 6) is 1.37. The molecule has 4 heterocycles. The second-order valence-corrected chi connectivity index (χ2v) is 6.79. The van der Waals surface area contributed by atoms with Crippen LogP contribution in [0.4, 0.5) is 5.82 Å².